The van der Waals surface area contributed by atoms with E-state index in [1.54, 1.807) is 5.57 Å². The van der Waals surface area contributed by atoms with Crippen LogP contribution in [-0.4, -0.2) is 6.61 Å². The van der Waals surface area contributed by atoms with Gasteiger partial charge in [-0.05, 0) is 25.3 Å². The number of ether oxygens (including phenoxy) is 1. The second-order valence-corrected chi connectivity index (χ2v) is 2.86. The third-order valence-electron chi connectivity index (χ3n) is 2.05. The molecule has 1 rings (SSSR count). The van der Waals surface area contributed by atoms with Crippen LogP contribution in [0.25, 0.3) is 0 Å². The van der Waals surface area contributed by atoms with Crippen molar-refractivity contribution in [3.63, 3.8) is 0 Å². The van der Waals surface area contributed by atoms with Crippen LogP contribution in [0.4, 0.5) is 0 Å². The van der Waals surface area contributed by atoms with Gasteiger partial charge in [0.1, 0.15) is 0 Å². The first-order valence-corrected chi connectivity index (χ1v) is 4.16. The maximum absolute atomic E-state index is 5.34. The summed E-state index contributed by atoms with van der Waals surface area (Å²) in [5.41, 5.74) is 1.54. The van der Waals surface area contributed by atoms with Crippen LogP contribution in [0, 0.1) is 0 Å². The van der Waals surface area contributed by atoms with Gasteiger partial charge in [-0.3, -0.25) is 0 Å². The van der Waals surface area contributed by atoms with Gasteiger partial charge in [-0.2, -0.15) is 0 Å². The predicted octanol–water partition coefficient (Wildman–Crippen LogP) is 2.87. The van der Waals surface area contributed by atoms with Gasteiger partial charge in [0, 0.05) is 6.42 Å². The molecule has 0 radical (unpaired) electrons. The van der Waals surface area contributed by atoms with Crippen LogP contribution in [-0.2, 0) is 4.74 Å². The molecule has 0 bridgehead atoms. The molecule has 1 heteroatoms. The van der Waals surface area contributed by atoms with Gasteiger partial charge in [-0.25, -0.2) is 0 Å². The lowest BCUT2D eigenvalue weighted by atomic mass is 10.1. The lowest BCUT2D eigenvalue weighted by Gasteiger charge is -1.98. The zero-order valence-electron chi connectivity index (χ0n) is 6.94. The summed E-state index contributed by atoms with van der Waals surface area (Å²) in [6.07, 6.45) is 5.03. The lowest BCUT2D eigenvalue weighted by Crippen LogP contribution is -1.81. The molecule has 0 saturated carbocycles. The Kier molecular flexibility index (Phi) is 2.79. The Morgan fingerprint density at radius 3 is 2.80 bits per heavy atom. The van der Waals surface area contributed by atoms with E-state index >= 15 is 0 Å². The maximum Gasteiger partial charge on any atom is 0.0922 e. The molecule has 0 atom stereocenters. The van der Waals surface area contributed by atoms with Crippen LogP contribution in [0.1, 0.15) is 39.5 Å². The normalized spacial score (nSPS) is 17.8. The minimum absolute atomic E-state index is 0.922. The molecule has 0 fully saturated rings. The molecular weight excluding hydrogens is 124 g/mol. The van der Waals surface area contributed by atoms with Gasteiger partial charge in [0.05, 0.1) is 12.4 Å². The quantitative estimate of drug-likeness (QED) is 0.585. The first kappa shape index (κ1) is 7.64. The van der Waals surface area contributed by atoms with Crippen molar-refractivity contribution in [2.45, 2.75) is 39.5 Å². The third kappa shape index (κ3) is 1.76. The zero-order valence-corrected chi connectivity index (χ0v) is 6.94. The highest BCUT2D eigenvalue weighted by atomic mass is 16.5. The molecule has 0 saturated heterocycles. The van der Waals surface area contributed by atoms with Crippen LogP contribution >= 0.6 is 0 Å². The zero-order chi connectivity index (χ0) is 7.40. The van der Waals surface area contributed by atoms with Crippen LogP contribution in [0.5, 0.6) is 0 Å². The summed E-state index contributed by atoms with van der Waals surface area (Å²) in [5.74, 6) is 1.19. The van der Waals surface area contributed by atoms with Crippen molar-refractivity contribution in [1.29, 1.82) is 0 Å². The van der Waals surface area contributed by atoms with Crippen molar-refractivity contribution in [2.75, 3.05) is 6.61 Å². The Bertz CT molecular complexity index is 136. The average molecular weight is 140 g/mol. The molecule has 0 amide bonds. The monoisotopic (exact) mass is 140 g/mol. The van der Waals surface area contributed by atoms with Crippen molar-refractivity contribution < 1.29 is 4.74 Å². The van der Waals surface area contributed by atoms with Gasteiger partial charge in [0.25, 0.3) is 0 Å². The largest absolute Gasteiger partial charge is 0.498 e. The minimum atomic E-state index is 0.922. The molecule has 0 aliphatic carbocycles. The van der Waals surface area contributed by atoms with Crippen molar-refractivity contribution in [2.24, 2.45) is 0 Å². The standard InChI is InChI=1S/C9H16O/c1-3-4-5-9-6-7-10-8(9)2/h3-7H2,1-2H3. The molecule has 0 N–H and O–H groups in total. The molecule has 1 nitrogen and oxygen atoms in total. The highest BCUT2D eigenvalue weighted by molar-refractivity contribution is 5.10. The molecule has 0 aromatic heterocycles. The van der Waals surface area contributed by atoms with E-state index in [4.69, 9.17) is 4.74 Å². The summed E-state index contributed by atoms with van der Waals surface area (Å²) >= 11 is 0. The molecule has 0 unspecified atom stereocenters. The highest BCUT2D eigenvalue weighted by Crippen LogP contribution is 2.22. The van der Waals surface area contributed by atoms with Crippen LogP contribution in [0.15, 0.2) is 11.3 Å². The number of unbranched alkanes of at least 4 members (excludes halogenated alkanes) is 1. The van der Waals surface area contributed by atoms with Crippen molar-refractivity contribution >= 4 is 0 Å². The molecule has 0 spiro atoms. The minimum Gasteiger partial charge on any atom is -0.498 e. The molecule has 58 valence electrons. The Morgan fingerprint density at radius 1 is 1.50 bits per heavy atom. The Hall–Kier alpha value is -0.460. The third-order valence-corrected chi connectivity index (χ3v) is 2.05. The highest BCUT2D eigenvalue weighted by Gasteiger charge is 2.10. The SMILES string of the molecule is CCCCC1=C(C)OCC1. The van der Waals surface area contributed by atoms with E-state index in [2.05, 4.69) is 13.8 Å². The molecule has 10 heavy (non-hydrogen) atoms. The fraction of sp³-hybridized carbons (Fsp3) is 0.778. The second-order valence-electron chi connectivity index (χ2n) is 2.86. The van der Waals surface area contributed by atoms with E-state index in [1.165, 1.54) is 31.4 Å². The Balaban J connectivity index is 2.31. The summed E-state index contributed by atoms with van der Waals surface area (Å²) in [6, 6.07) is 0. The topological polar surface area (TPSA) is 9.23 Å². The molecule has 1 aliphatic heterocycles. The fourth-order valence-corrected chi connectivity index (χ4v) is 1.30. The summed E-state index contributed by atoms with van der Waals surface area (Å²) in [7, 11) is 0. The fourth-order valence-electron chi connectivity index (χ4n) is 1.30. The summed E-state index contributed by atoms with van der Waals surface area (Å²) in [4.78, 5) is 0. The van der Waals surface area contributed by atoms with Crippen LogP contribution in [0.3, 0.4) is 0 Å². The molecule has 0 aromatic rings. The van der Waals surface area contributed by atoms with Gasteiger partial charge in [0.15, 0.2) is 0 Å². The molecule has 1 aliphatic rings. The molecule has 1 heterocycles. The summed E-state index contributed by atoms with van der Waals surface area (Å²) in [5, 5.41) is 0. The summed E-state index contributed by atoms with van der Waals surface area (Å²) in [6.45, 7) is 5.23. The van der Waals surface area contributed by atoms with Gasteiger partial charge in [0.2, 0.25) is 0 Å². The first-order valence-electron chi connectivity index (χ1n) is 4.16. The van der Waals surface area contributed by atoms with E-state index in [9.17, 15) is 0 Å². The summed E-state index contributed by atoms with van der Waals surface area (Å²) < 4.78 is 5.34. The molecular formula is C9H16O. The van der Waals surface area contributed by atoms with Crippen molar-refractivity contribution in [3.8, 4) is 0 Å². The first-order chi connectivity index (χ1) is 4.84. The number of allylic oxidation sites excluding steroid dienone is 1. The van der Waals surface area contributed by atoms with Crippen LogP contribution < -0.4 is 0 Å². The van der Waals surface area contributed by atoms with Gasteiger partial charge in [-0.1, -0.05) is 13.3 Å². The average Bonchev–Trinajstić information content (AvgIpc) is 2.31. The smallest absolute Gasteiger partial charge is 0.0922 e. The second kappa shape index (κ2) is 3.65. The lowest BCUT2D eigenvalue weighted by molar-refractivity contribution is 0.246. The Morgan fingerprint density at radius 2 is 2.30 bits per heavy atom. The number of hydrogen-bond acceptors (Lipinski definition) is 1. The molecule has 0 aromatic carbocycles. The van der Waals surface area contributed by atoms with Crippen LogP contribution in [0.2, 0.25) is 0 Å². The van der Waals surface area contributed by atoms with E-state index in [0.29, 0.717) is 0 Å². The Labute approximate surface area is 63.1 Å². The van der Waals surface area contributed by atoms with Gasteiger partial charge < -0.3 is 4.74 Å². The number of hydrogen-bond donors (Lipinski definition) is 0. The maximum atomic E-state index is 5.34. The van der Waals surface area contributed by atoms with E-state index in [1.807, 2.05) is 0 Å². The van der Waals surface area contributed by atoms with E-state index in [-0.39, 0.29) is 0 Å². The van der Waals surface area contributed by atoms with Gasteiger partial charge in [-0.15, -0.1) is 0 Å². The van der Waals surface area contributed by atoms with E-state index < -0.39 is 0 Å². The van der Waals surface area contributed by atoms with Crippen molar-refractivity contribution in [3.05, 3.63) is 11.3 Å². The van der Waals surface area contributed by atoms with Crippen molar-refractivity contribution in [1.82, 2.24) is 0 Å². The van der Waals surface area contributed by atoms with Gasteiger partial charge >= 0.3 is 0 Å². The number of rotatable bonds is 3. The van der Waals surface area contributed by atoms with E-state index in [0.717, 1.165) is 6.61 Å². The predicted molar refractivity (Wildman–Crippen MR) is 42.8 cm³/mol.